The van der Waals surface area contributed by atoms with Gasteiger partial charge in [-0.15, -0.1) is 11.3 Å². The largest absolute Gasteiger partial charge is 0.462 e. The lowest BCUT2D eigenvalue weighted by Crippen LogP contribution is -2.52. The zero-order valence-electron chi connectivity index (χ0n) is 15.3. The monoisotopic (exact) mass is 391 g/mol. The molecule has 2 atom stereocenters. The predicted molar refractivity (Wildman–Crippen MR) is 102 cm³/mol. The highest BCUT2D eigenvalue weighted by molar-refractivity contribution is 7.13. The van der Waals surface area contributed by atoms with Gasteiger partial charge in [-0.3, -0.25) is 9.69 Å². The van der Waals surface area contributed by atoms with Crippen LogP contribution in [0, 0.1) is 5.92 Å². The number of ether oxygens (including phenoxy) is 2. The topological polar surface area (TPSA) is 76.8 Å². The predicted octanol–water partition coefficient (Wildman–Crippen LogP) is 1.80. The van der Waals surface area contributed by atoms with Crippen LogP contribution in [-0.4, -0.2) is 67.9 Å². The molecule has 0 spiro atoms. The van der Waals surface area contributed by atoms with E-state index in [1.54, 1.807) is 6.26 Å². The lowest BCUT2D eigenvalue weighted by atomic mass is 9.97. The van der Waals surface area contributed by atoms with Crippen LogP contribution in [0.5, 0.6) is 0 Å². The molecule has 8 heteroatoms. The molecule has 0 radical (unpaired) electrons. The van der Waals surface area contributed by atoms with E-state index in [2.05, 4.69) is 15.2 Å². The molecule has 2 saturated heterocycles. The normalized spacial score (nSPS) is 22.0. The molecule has 7 nitrogen and oxygen atoms in total. The highest BCUT2D eigenvalue weighted by Crippen LogP contribution is 2.24. The molecule has 146 valence electrons. The minimum absolute atomic E-state index is 0.00321. The maximum Gasteiger partial charge on any atom is 0.226 e. The van der Waals surface area contributed by atoms with E-state index < -0.39 is 0 Å². The average molecular weight is 391 g/mol. The summed E-state index contributed by atoms with van der Waals surface area (Å²) in [6.45, 7) is 5.57. The quantitative estimate of drug-likeness (QED) is 0.776. The molecule has 2 aliphatic rings. The van der Waals surface area contributed by atoms with E-state index in [-0.39, 0.29) is 12.3 Å². The molecule has 1 amide bonds. The summed E-state index contributed by atoms with van der Waals surface area (Å²) < 4.78 is 16.4. The SMILES string of the molecule is O=C(Cc1csc(-c2ccco2)n1)NC[C@H]([C@@H]1CCOC1)N1CCOCC1. The van der Waals surface area contributed by atoms with Crippen molar-refractivity contribution in [3.05, 3.63) is 29.5 Å². The van der Waals surface area contributed by atoms with E-state index in [1.807, 2.05) is 17.5 Å². The van der Waals surface area contributed by atoms with Gasteiger partial charge in [-0.05, 0) is 18.6 Å². The van der Waals surface area contributed by atoms with Crippen LogP contribution in [0.15, 0.2) is 28.2 Å². The zero-order chi connectivity index (χ0) is 18.5. The molecule has 0 bridgehead atoms. The van der Waals surface area contributed by atoms with E-state index in [0.717, 1.165) is 62.4 Å². The van der Waals surface area contributed by atoms with Crippen molar-refractivity contribution in [2.24, 2.45) is 5.92 Å². The van der Waals surface area contributed by atoms with Crippen LogP contribution in [0.25, 0.3) is 10.8 Å². The van der Waals surface area contributed by atoms with Gasteiger partial charge in [0, 0.05) is 43.6 Å². The van der Waals surface area contributed by atoms with Crippen molar-refractivity contribution < 1.29 is 18.7 Å². The highest BCUT2D eigenvalue weighted by Gasteiger charge is 2.31. The molecule has 2 aromatic rings. The second-order valence-electron chi connectivity index (χ2n) is 6.94. The summed E-state index contributed by atoms with van der Waals surface area (Å²) in [5.74, 6) is 1.21. The maximum absolute atomic E-state index is 12.5. The van der Waals surface area contributed by atoms with Crippen molar-refractivity contribution in [2.45, 2.75) is 18.9 Å². The Labute approximate surface area is 162 Å². The van der Waals surface area contributed by atoms with E-state index in [9.17, 15) is 4.79 Å². The van der Waals surface area contributed by atoms with Crippen molar-refractivity contribution in [1.82, 2.24) is 15.2 Å². The van der Waals surface area contributed by atoms with Gasteiger partial charge in [0.15, 0.2) is 10.8 Å². The highest BCUT2D eigenvalue weighted by atomic mass is 32.1. The number of amides is 1. The Kier molecular flexibility index (Phi) is 6.18. The first-order valence-electron chi connectivity index (χ1n) is 9.44. The van der Waals surface area contributed by atoms with Gasteiger partial charge in [0.2, 0.25) is 5.91 Å². The van der Waals surface area contributed by atoms with Gasteiger partial charge in [0.1, 0.15) is 0 Å². The van der Waals surface area contributed by atoms with Crippen LogP contribution in [-0.2, 0) is 20.7 Å². The third-order valence-corrected chi connectivity index (χ3v) is 6.06. The van der Waals surface area contributed by atoms with Gasteiger partial charge >= 0.3 is 0 Å². The molecule has 1 N–H and O–H groups in total. The number of aromatic nitrogens is 1. The van der Waals surface area contributed by atoms with Gasteiger partial charge in [-0.1, -0.05) is 0 Å². The lowest BCUT2D eigenvalue weighted by Gasteiger charge is -2.37. The van der Waals surface area contributed by atoms with Crippen LogP contribution in [0.3, 0.4) is 0 Å². The fourth-order valence-corrected chi connectivity index (χ4v) is 4.49. The number of hydrogen-bond acceptors (Lipinski definition) is 7. The number of thiazole rings is 1. The first-order valence-corrected chi connectivity index (χ1v) is 10.3. The van der Waals surface area contributed by atoms with E-state index in [0.29, 0.717) is 18.5 Å². The van der Waals surface area contributed by atoms with Crippen molar-refractivity contribution >= 4 is 17.2 Å². The molecule has 2 aliphatic heterocycles. The molecule has 0 aliphatic carbocycles. The van der Waals surface area contributed by atoms with Gasteiger partial charge in [0.25, 0.3) is 0 Å². The fraction of sp³-hybridized carbons (Fsp3) is 0.579. The summed E-state index contributed by atoms with van der Waals surface area (Å²) in [6, 6.07) is 4.01. The van der Waals surface area contributed by atoms with E-state index >= 15 is 0 Å². The van der Waals surface area contributed by atoms with Crippen molar-refractivity contribution in [1.29, 1.82) is 0 Å². The summed E-state index contributed by atoms with van der Waals surface area (Å²) in [6.07, 6.45) is 2.96. The Bertz CT molecular complexity index is 721. The standard InChI is InChI=1S/C19H25N3O4S/c23-18(10-15-13-27-19(21-15)17-2-1-6-26-17)20-11-16(14-3-7-25-12-14)22-4-8-24-9-5-22/h1-2,6,13-14,16H,3-5,7-12H2,(H,20,23)/t14-,16-/m1/s1. The molecular formula is C19H25N3O4S. The molecule has 2 fully saturated rings. The van der Waals surface area contributed by atoms with Crippen molar-refractivity contribution in [2.75, 3.05) is 46.1 Å². The number of nitrogens with one attached hydrogen (secondary N) is 1. The van der Waals surface area contributed by atoms with Crippen molar-refractivity contribution in [3.63, 3.8) is 0 Å². The number of nitrogens with zero attached hydrogens (tertiary/aromatic N) is 2. The van der Waals surface area contributed by atoms with Crippen LogP contribution in [0.1, 0.15) is 12.1 Å². The third kappa shape index (κ3) is 4.76. The minimum Gasteiger partial charge on any atom is -0.462 e. The van der Waals surface area contributed by atoms with Gasteiger partial charge in [-0.25, -0.2) is 4.98 Å². The smallest absolute Gasteiger partial charge is 0.226 e. The molecular weight excluding hydrogens is 366 g/mol. The maximum atomic E-state index is 12.5. The Morgan fingerprint density at radius 1 is 1.33 bits per heavy atom. The molecule has 27 heavy (non-hydrogen) atoms. The minimum atomic E-state index is 0.00321. The van der Waals surface area contributed by atoms with Crippen molar-refractivity contribution in [3.8, 4) is 10.8 Å². The second-order valence-corrected chi connectivity index (χ2v) is 7.80. The summed E-state index contributed by atoms with van der Waals surface area (Å²) >= 11 is 1.49. The summed E-state index contributed by atoms with van der Waals surface area (Å²) in [5.41, 5.74) is 0.774. The van der Waals surface area contributed by atoms with Crippen LogP contribution < -0.4 is 5.32 Å². The Morgan fingerprint density at radius 2 is 2.22 bits per heavy atom. The van der Waals surface area contributed by atoms with E-state index in [4.69, 9.17) is 13.9 Å². The number of carbonyl (C=O) groups is 1. The second kappa shape index (κ2) is 8.97. The summed E-state index contributed by atoms with van der Waals surface area (Å²) in [5, 5.41) is 5.83. The fourth-order valence-electron chi connectivity index (χ4n) is 3.71. The first-order chi connectivity index (χ1) is 13.3. The number of rotatable bonds is 7. The third-order valence-electron chi connectivity index (χ3n) is 5.16. The summed E-state index contributed by atoms with van der Waals surface area (Å²) in [7, 11) is 0. The van der Waals surface area contributed by atoms with Crippen LogP contribution in [0.2, 0.25) is 0 Å². The molecule has 2 aromatic heterocycles. The molecule has 4 heterocycles. The first kappa shape index (κ1) is 18.6. The van der Waals surface area contributed by atoms with E-state index in [1.165, 1.54) is 11.3 Å². The number of hydrogen-bond donors (Lipinski definition) is 1. The van der Waals surface area contributed by atoms with Gasteiger partial charge in [0.05, 0.1) is 38.2 Å². The molecule has 0 aromatic carbocycles. The lowest BCUT2D eigenvalue weighted by molar-refractivity contribution is -0.121. The van der Waals surface area contributed by atoms with Crippen LogP contribution >= 0.6 is 11.3 Å². The summed E-state index contributed by atoms with van der Waals surface area (Å²) in [4.78, 5) is 19.4. The number of morpholine rings is 1. The number of carbonyl (C=O) groups excluding carboxylic acids is 1. The Balaban J connectivity index is 1.32. The Hall–Kier alpha value is -1.74. The number of furan rings is 1. The molecule has 4 rings (SSSR count). The van der Waals surface area contributed by atoms with Gasteiger partial charge < -0.3 is 19.2 Å². The molecule has 0 saturated carbocycles. The molecule has 0 unspecified atom stereocenters. The van der Waals surface area contributed by atoms with Gasteiger partial charge in [-0.2, -0.15) is 0 Å². The van der Waals surface area contributed by atoms with Crippen LogP contribution in [0.4, 0.5) is 0 Å². The zero-order valence-corrected chi connectivity index (χ0v) is 16.1. The Morgan fingerprint density at radius 3 is 2.96 bits per heavy atom. The average Bonchev–Trinajstić information content (AvgIpc) is 3.45.